The summed E-state index contributed by atoms with van der Waals surface area (Å²) in [6.07, 6.45) is 6.99. The molecular formula is C18H28N2. The van der Waals surface area contributed by atoms with E-state index in [1.54, 1.807) is 0 Å². The smallest absolute Gasteiger partial charge is 0.0309 e. The van der Waals surface area contributed by atoms with Crippen LogP contribution >= 0.6 is 0 Å². The molecule has 1 N–H and O–H groups in total. The summed E-state index contributed by atoms with van der Waals surface area (Å²) in [6, 6.07) is 6.85. The maximum Gasteiger partial charge on any atom is 0.0309 e. The molecule has 2 nitrogen and oxygen atoms in total. The summed E-state index contributed by atoms with van der Waals surface area (Å²) in [5.41, 5.74) is 4.76. The Balaban J connectivity index is 1.69. The first-order valence-corrected chi connectivity index (χ1v) is 8.20. The second kappa shape index (κ2) is 5.87. The molecule has 0 aromatic heterocycles. The van der Waals surface area contributed by atoms with Crippen molar-refractivity contribution in [3.8, 4) is 0 Å². The fraction of sp³-hybridized carbons (Fsp3) is 0.667. The highest BCUT2D eigenvalue weighted by Crippen LogP contribution is 2.31. The lowest BCUT2D eigenvalue weighted by Gasteiger charge is -2.46. The monoisotopic (exact) mass is 272 g/mol. The van der Waals surface area contributed by atoms with Gasteiger partial charge in [-0.3, -0.25) is 4.90 Å². The Hall–Kier alpha value is -0.860. The maximum atomic E-state index is 3.83. The van der Waals surface area contributed by atoms with Crippen LogP contribution < -0.4 is 5.32 Å². The van der Waals surface area contributed by atoms with E-state index in [0.29, 0.717) is 5.54 Å². The average Bonchev–Trinajstić information content (AvgIpc) is 2.44. The van der Waals surface area contributed by atoms with E-state index in [9.17, 15) is 0 Å². The van der Waals surface area contributed by atoms with Gasteiger partial charge in [0.05, 0.1) is 0 Å². The van der Waals surface area contributed by atoms with E-state index in [1.165, 1.54) is 61.9 Å². The summed E-state index contributed by atoms with van der Waals surface area (Å²) in [7, 11) is 0. The highest BCUT2D eigenvalue weighted by molar-refractivity contribution is 5.30. The number of hydrogen-bond donors (Lipinski definition) is 1. The largest absolute Gasteiger partial charge is 0.309 e. The van der Waals surface area contributed by atoms with Gasteiger partial charge in [-0.25, -0.2) is 0 Å². The molecule has 110 valence electrons. The van der Waals surface area contributed by atoms with Crippen molar-refractivity contribution in [1.29, 1.82) is 0 Å². The fourth-order valence-electron chi connectivity index (χ4n) is 3.95. The lowest BCUT2D eigenvalue weighted by molar-refractivity contribution is 0.0944. The molecule has 1 aromatic carbocycles. The molecule has 1 aliphatic carbocycles. The van der Waals surface area contributed by atoms with Crippen LogP contribution in [0.4, 0.5) is 0 Å². The first kappa shape index (κ1) is 14.1. The molecule has 2 aliphatic rings. The molecule has 1 aliphatic heterocycles. The first-order valence-electron chi connectivity index (χ1n) is 8.20. The highest BCUT2D eigenvalue weighted by atomic mass is 15.2. The maximum absolute atomic E-state index is 3.83. The van der Waals surface area contributed by atoms with Gasteiger partial charge in [0, 0.05) is 31.7 Å². The number of benzene rings is 1. The summed E-state index contributed by atoms with van der Waals surface area (Å²) >= 11 is 0. The van der Waals surface area contributed by atoms with Crippen molar-refractivity contribution in [3.63, 3.8) is 0 Å². The van der Waals surface area contributed by atoms with Gasteiger partial charge in [0.15, 0.2) is 0 Å². The van der Waals surface area contributed by atoms with E-state index < -0.39 is 0 Å². The molecule has 1 aromatic rings. The van der Waals surface area contributed by atoms with Gasteiger partial charge in [-0.2, -0.15) is 0 Å². The van der Waals surface area contributed by atoms with Gasteiger partial charge < -0.3 is 5.32 Å². The fourth-order valence-corrected chi connectivity index (χ4v) is 3.95. The Kier molecular flexibility index (Phi) is 4.13. The van der Waals surface area contributed by atoms with Crippen LogP contribution in [0, 0.1) is 13.8 Å². The van der Waals surface area contributed by atoms with Crippen molar-refractivity contribution < 1.29 is 0 Å². The van der Waals surface area contributed by atoms with E-state index >= 15 is 0 Å². The van der Waals surface area contributed by atoms with Crippen LogP contribution in [-0.4, -0.2) is 30.1 Å². The number of nitrogens with zero attached hydrogens (tertiary/aromatic N) is 1. The van der Waals surface area contributed by atoms with Gasteiger partial charge in [0.1, 0.15) is 0 Å². The van der Waals surface area contributed by atoms with Crippen molar-refractivity contribution >= 4 is 0 Å². The standard InChI is InChI=1S/C18H28N2/c1-15-6-7-16(2)17(12-15)13-20-11-10-19-18(14-20)8-4-3-5-9-18/h6-7,12,19H,3-5,8-11,13-14H2,1-2H3. The van der Waals surface area contributed by atoms with E-state index in [-0.39, 0.29) is 0 Å². The van der Waals surface area contributed by atoms with Crippen LogP contribution in [0.3, 0.4) is 0 Å². The molecule has 1 spiro atoms. The van der Waals surface area contributed by atoms with Crippen molar-refractivity contribution in [2.75, 3.05) is 19.6 Å². The van der Waals surface area contributed by atoms with Crippen molar-refractivity contribution in [2.45, 2.75) is 58.0 Å². The van der Waals surface area contributed by atoms with E-state index in [1.807, 2.05) is 0 Å². The van der Waals surface area contributed by atoms with Gasteiger partial charge in [-0.1, -0.05) is 43.0 Å². The molecule has 0 atom stereocenters. The lowest BCUT2D eigenvalue weighted by Crippen LogP contribution is -2.60. The average molecular weight is 272 g/mol. The summed E-state index contributed by atoms with van der Waals surface area (Å²) in [4.78, 5) is 2.67. The highest BCUT2D eigenvalue weighted by Gasteiger charge is 2.35. The molecule has 3 rings (SSSR count). The molecule has 0 amide bonds. The number of rotatable bonds is 2. The summed E-state index contributed by atoms with van der Waals surface area (Å²) in [5, 5.41) is 3.83. The van der Waals surface area contributed by atoms with Gasteiger partial charge in [-0.15, -0.1) is 0 Å². The second-order valence-electron chi connectivity index (χ2n) is 6.91. The van der Waals surface area contributed by atoms with Crippen molar-refractivity contribution in [2.24, 2.45) is 0 Å². The Morgan fingerprint density at radius 2 is 1.95 bits per heavy atom. The molecule has 1 saturated heterocycles. The second-order valence-corrected chi connectivity index (χ2v) is 6.91. The predicted octanol–water partition coefficient (Wildman–Crippen LogP) is 3.41. The minimum Gasteiger partial charge on any atom is -0.309 e. The Labute approximate surface area is 123 Å². The quantitative estimate of drug-likeness (QED) is 0.887. The summed E-state index contributed by atoms with van der Waals surface area (Å²) in [6.45, 7) is 9.15. The van der Waals surface area contributed by atoms with E-state index in [0.717, 1.165) is 13.1 Å². The molecule has 0 unspecified atom stereocenters. The zero-order valence-corrected chi connectivity index (χ0v) is 13.0. The summed E-state index contributed by atoms with van der Waals surface area (Å²) < 4.78 is 0. The Bertz CT molecular complexity index is 455. The lowest BCUT2D eigenvalue weighted by atomic mass is 9.80. The van der Waals surface area contributed by atoms with E-state index in [2.05, 4.69) is 42.3 Å². The van der Waals surface area contributed by atoms with Gasteiger partial charge in [0.25, 0.3) is 0 Å². The van der Waals surface area contributed by atoms with Gasteiger partial charge in [-0.05, 0) is 37.8 Å². The molecule has 1 saturated carbocycles. The molecule has 20 heavy (non-hydrogen) atoms. The zero-order chi connectivity index (χ0) is 14.0. The van der Waals surface area contributed by atoms with Gasteiger partial charge in [0.2, 0.25) is 0 Å². The van der Waals surface area contributed by atoms with Crippen LogP contribution in [0.5, 0.6) is 0 Å². The third-order valence-corrected chi connectivity index (χ3v) is 5.16. The Morgan fingerprint density at radius 1 is 1.15 bits per heavy atom. The minimum absolute atomic E-state index is 0.425. The number of nitrogens with one attached hydrogen (secondary N) is 1. The van der Waals surface area contributed by atoms with Crippen molar-refractivity contribution in [3.05, 3.63) is 34.9 Å². The molecule has 1 heterocycles. The van der Waals surface area contributed by atoms with Gasteiger partial charge >= 0.3 is 0 Å². The molecule has 0 radical (unpaired) electrons. The summed E-state index contributed by atoms with van der Waals surface area (Å²) in [5.74, 6) is 0. The molecule has 2 fully saturated rings. The first-order chi connectivity index (χ1) is 9.67. The molecule has 2 heteroatoms. The van der Waals surface area contributed by atoms with Crippen LogP contribution in [0.1, 0.15) is 48.8 Å². The van der Waals surface area contributed by atoms with Crippen LogP contribution in [0.15, 0.2) is 18.2 Å². The van der Waals surface area contributed by atoms with Crippen LogP contribution in [0.2, 0.25) is 0 Å². The van der Waals surface area contributed by atoms with E-state index in [4.69, 9.17) is 0 Å². The number of hydrogen-bond acceptors (Lipinski definition) is 2. The van der Waals surface area contributed by atoms with Crippen molar-refractivity contribution in [1.82, 2.24) is 10.2 Å². The SMILES string of the molecule is Cc1ccc(C)c(CN2CCNC3(CCCCC3)C2)c1. The minimum atomic E-state index is 0.425. The third kappa shape index (κ3) is 3.07. The normalized spacial score (nSPS) is 23.1. The number of aryl methyl sites for hydroxylation is 2. The molecule has 0 bridgehead atoms. The Morgan fingerprint density at radius 3 is 2.75 bits per heavy atom. The molecular weight excluding hydrogens is 244 g/mol. The zero-order valence-electron chi connectivity index (χ0n) is 13.0. The topological polar surface area (TPSA) is 15.3 Å². The number of piperazine rings is 1. The third-order valence-electron chi connectivity index (χ3n) is 5.16. The predicted molar refractivity (Wildman–Crippen MR) is 85.0 cm³/mol. The van der Waals surface area contributed by atoms with Crippen LogP contribution in [0.25, 0.3) is 0 Å². The van der Waals surface area contributed by atoms with Crippen LogP contribution in [-0.2, 0) is 6.54 Å².